The van der Waals surface area contributed by atoms with Crippen molar-refractivity contribution in [3.05, 3.63) is 47.9 Å². The fourth-order valence-corrected chi connectivity index (χ4v) is 5.89. The first-order valence-corrected chi connectivity index (χ1v) is 12.8. The van der Waals surface area contributed by atoms with Crippen LogP contribution in [0.15, 0.2) is 39.2 Å². The number of likely N-dealkylation sites (tertiary alicyclic amines) is 1. The second kappa shape index (κ2) is 8.37. The minimum Gasteiger partial charge on any atom is -0.460 e. The minimum absolute atomic E-state index is 0.212. The van der Waals surface area contributed by atoms with Gasteiger partial charge in [-0.05, 0) is 50.9 Å². The molecule has 5 rings (SSSR count). The fourth-order valence-electron chi connectivity index (χ4n) is 4.77. The number of piperidine rings is 2. The lowest BCUT2D eigenvalue weighted by atomic mass is 9.97. The van der Waals surface area contributed by atoms with Crippen LogP contribution in [-0.2, 0) is 16.6 Å². The maximum atomic E-state index is 12.1. The van der Waals surface area contributed by atoms with E-state index in [4.69, 9.17) is 8.83 Å². The molecular formula is C22H28N4O4S. The highest BCUT2D eigenvalue weighted by Gasteiger charge is 2.35. The van der Waals surface area contributed by atoms with Gasteiger partial charge in [0.1, 0.15) is 17.4 Å². The van der Waals surface area contributed by atoms with Crippen LogP contribution in [0.3, 0.4) is 0 Å². The standard InChI is InChI=1S/C22H28N4O4S/c1-31(27,28)26-11-5-4-7-19(26)22-24-23-21(30-22)16-9-12-25(13-10-16)15-18-14-17-6-2-3-8-20(17)29-18/h2-3,6,8,14,16,19H,4-5,7,9-13,15H2,1H3/t19-/m0/s1. The molecule has 0 amide bonds. The van der Waals surface area contributed by atoms with Gasteiger partial charge in [-0.3, -0.25) is 4.90 Å². The van der Waals surface area contributed by atoms with Gasteiger partial charge in [0.05, 0.1) is 12.8 Å². The molecule has 8 nitrogen and oxygen atoms in total. The summed E-state index contributed by atoms with van der Waals surface area (Å²) in [6, 6.07) is 9.85. The second-order valence-electron chi connectivity index (χ2n) is 8.66. The van der Waals surface area contributed by atoms with E-state index in [0.29, 0.717) is 18.3 Å². The summed E-state index contributed by atoms with van der Waals surface area (Å²) >= 11 is 0. The Morgan fingerprint density at radius 3 is 2.55 bits per heavy atom. The Morgan fingerprint density at radius 2 is 1.77 bits per heavy atom. The number of nitrogens with zero attached hydrogens (tertiary/aromatic N) is 4. The van der Waals surface area contributed by atoms with E-state index in [1.165, 1.54) is 10.6 Å². The van der Waals surface area contributed by atoms with E-state index in [-0.39, 0.29) is 12.0 Å². The Morgan fingerprint density at radius 1 is 1.00 bits per heavy atom. The second-order valence-corrected chi connectivity index (χ2v) is 10.6. The van der Waals surface area contributed by atoms with Gasteiger partial charge in [0.2, 0.25) is 21.8 Å². The number of furan rings is 1. The quantitative estimate of drug-likeness (QED) is 0.593. The zero-order chi connectivity index (χ0) is 21.4. The van der Waals surface area contributed by atoms with Crippen LogP contribution in [0.1, 0.15) is 61.6 Å². The Bertz CT molecular complexity index is 1110. The van der Waals surface area contributed by atoms with E-state index in [1.54, 1.807) is 0 Å². The summed E-state index contributed by atoms with van der Waals surface area (Å²) in [5.74, 6) is 2.27. The molecule has 2 aliphatic rings. The maximum Gasteiger partial charge on any atom is 0.234 e. The zero-order valence-electron chi connectivity index (χ0n) is 17.7. The molecule has 0 bridgehead atoms. The van der Waals surface area contributed by atoms with E-state index < -0.39 is 10.0 Å². The van der Waals surface area contributed by atoms with Crippen molar-refractivity contribution in [2.45, 2.75) is 50.6 Å². The number of sulfonamides is 1. The zero-order valence-corrected chi connectivity index (χ0v) is 18.6. The lowest BCUT2D eigenvalue weighted by Crippen LogP contribution is -2.37. The molecule has 2 fully saturated rings. The first-order chi connectivity index (χ1) is 15.0. The lowest BCUT2D eigenvalue weighted by Gasteiger charge is -2.31. The predicted molar refractivity (Wildman–Crippen MR) is 116 cm³/mol. The smallest absolute Gasteiger partial charge is 0.234 e. The van der Waals surface area contributed by atoms with E-state index >= 15 is 0 Å². The van der Waals surface area contributed by atoms with Crippen LogP contribution in [0, 0.1) is 0 Å². The molecule has 2 aliphatic heterocycles. The summed E-state index contributed by atoms with van der Waals surface area (Å²) in [4.78, 5) is 2.39. The van der Waals surface area contributed by atoms with Crippen molar-refractivity contribution in [2.75, 3.05) is 25.9 Å². The van der Waals surface area contributed by atoms with Crippen molar-refractivity contribution >= 4 is 21.0 Å². The molecule has 9 heteroatoms. The van der Waals surface area contributed by atoms with Crippen molar-refractivity contribution in [3.63, 3.8) is 0 Å². The molecule has 0 radical (unpaired) electrons. The average Bonchev–Trinajstić information content (AvgIpc) is 3.40. The monoisotopic (exact) mass is 444 g/mol. The highest BCUT2D eigenvalue weighted by atomic mass is 32.2. The van der Waals surface area contributed by atoms with Gasteiger partial charge in [0.25, 0.3) is 0 Å². The van der Waals surface area contributed by atoms with Crippen LogP contribution in [0.5, 0.6) is 0 Å². The largest absolute Gasteiger partial charge is 0.460 e. The molecule has 2 saturated heterocycles. The normalized spacial score (nSPS) is 22.3. The van der Waals surface area contributed by atoms with Gasteiger partial charge in [-0.2, -0.15) is 4.31 Å². The molecule has 31 heavy (non-hydrogen) atoms. The van der Waals surface area contributed by atoms with Gasteiger partial charge in [0, 0.05) is 17.8 Å². The third-order valence-electron chi connectivity index (χ3n) is 6.41. The number of rotatable bonds is 5. The third-order valence-corrected chi connectivity index (χ3v) is 7.70. The number of benzene rings is 1. The Hall–Kier alpha value is -2.23. The molecule has 1 aromatic carbocycles. The molecule has 0 spiro atoms. The van der Waals surface area contributed by atoms with Crippen molar-refractivity contribution in [1.29, 1.82) is 0 Å². The van der Waals surface area contributed by atoms with Crippen LogP contribution < -0.4 is 0 Å². The van der Waals surface area contributed by atoms with Gasteiger partial charge in [-0.1, -0.05) is 24.6 Å². The molecule has 0 N–H and O–H groups in total. The molecule has 3 aromatic rings. The summed E-state index contributed by atoms with van der Waals surface area (Å²) in [6.45, 7) is 3.17. The van der Waals surface area contributed by atoms with E-state index in [1.807, 2.05) is 18.2 Å². The van der Waals surface area contributed by atoms with Crippen molar-refractivity contribution < 1.29 is 17.3 Å². The molecule has 1 atom stereocenters. The number of hydrogen-bond donors (Lipinski definition) is 0. The number of hydrogen-bond acceptors (Lipinski definition) is 7. The lowest BCUT2D eigenvalue weighted by molar-refractivity contribution is 0.176. The van der Waals surface area contributed by atoms with E-state index in [0.717, 1.165) is 68.5 Å². The topological polar surface area (TPSA) is 92.7 Å². The maximum absolute atomic E-state index is 12.1. The van der Waals surface area contributed by atoms with Crippen LogP contribution in [0.25, 0.3) is 11.0 Å². The van der Waals surface area contributed by atoms with Crippen LogP contribution in [-0.4, -0.2) is 53.7 Å². The average molecular weight is 445 g/mol. The Labute approximate surface area is 182 Å². The molecule has 0 aliphatic carbocycles. The molecular weight excluding hydrogens is 416 g/mol. The summed E-state index contributed by atoms with van der Waals surface area (Å²) < 4.78 is 37.8. The molecule has 4 heterocycles. The number of para-hydroxylation sites is 1. The molecule has 2 aromatic heterocycles. The minimum atomic E-state index is -3.30. The van der Waals surface area contributed by atoms with Crippen molar-refractivity contribution in [3.8, 4) is 0 Å². The van der Waals surface area contributed by atoms with Gasteiger partial charge in [0.15, 0.2) is 0 Å². The fraction of sp³-hybridized carbons (Fsp3) is 0.545. The van der Waals surface area contributed by atoms with Crippen molar-refractivity contribution in [1.82, 2.24) is 19.4 Å². The first-order valence-electron chi connectivity index (χ1n) is 11.0. The van der Waals surface area contributed by atoms with Crippen LogP contribution >= 0.6 is 0 Å². The van der Waals surface area contributed by atoms with E-state index in [2.05, 4.69) is 27.2 Å². The van der Waals surface area contributed by atoms with Crippen LogP contribution in [0.4, 0.5) is 0 Å². The summed E-state index contributed by atoms with van der Waals surface area (Å²) in [5.41, 5.74) is 0.927. The van der Waals surface area contributed by atoms with Gasteiger partial charge >= 0.3 is 0 Å². The summed E-state index contributed by atoms with van der Waals surface area (Å²) in [7, 11) is -3.30. The molecule has 0 saturated carbocycles. The first kappa shape index (κ1) is 20.7. The highest BCUT2D eigenvalue weighted by Crippen LogP contribution is 2.34. The Balaban J connectivity index is 1.21. The highest BCUT2D eigenvalue weighted by molar-refractivity contribution is 7.88. The van der Waals surface area contributed by atoms with Gasteiger partial charge < -0.3 is 8.83 Å². The van der Waals surface area contributed by atoms with Gasteiger partial charge in [-0.25, -0.2) is 8.42 Å². The Kier molecular flexibility index (Phi) is 5.58. The SMILES string of the molecule is CS(=O)(=O)N1CCCC[C@H]1c1nnc(C2CCN(Cc3cc4ccccc4o3)CC2)o1. The summed E-state index contributed by atoms with van der Waals surface area (Å²) in [5, 5.41) is 9.67. The molecule has 166 valence electrons. The third kappa shape index (κ3) is 4.40. The summed E-state index contributed by atoms with van der Waals surface area (Å²) in [6.07, 6.45) is 5.68. The van der Waals surface area contributed by atoms with Crippen LogP contribution in [0.2, 0.25) is 0 Å². The van der Waals surface area contributed by atoms with Gasteiger partial charge in [-0.15, -0.1) is 10.2 Å². The van der Waals surface area contributed by atoms with Crippen molar-refractivity contribution in [2.24, 2.45) is 0 Å². The predicted octanol–water partition coefficient (Wildman–Crippen LogP) is 3.68. The number of fused-ring (bicyclic) bond motifs is 1. The van der Waals surface area contributed by atoms with E-state index in [9.17, 15) is 8.42 Å². The molecule has 0 unspecified atom stereocenters. The number of aromatic nitrogens is 2.